The highest BCUT2D eigenvalue weighted by molar-refractivity contribution is 6.12. The molecule has 12 nitrogen and oxygen atoms in total. The van der Waals surface area contributed by atoms with Crippen LogP contribution in [-0.4, -0.2) is 59.9 Å². The van der Waals surface area contributed by atoms with E-state index in [2.05, 4.69) is 285 Å². The molecule has 9 aromatic heterocycles. The highest BCUT2D eigenvalue weighted by Crippen LogP contribution is 2.42. The van der Waals surface area contributed by atoms with Gasteiger partial charge in [-0.15, -0.1) is 0 Å². The van der Waals surface area contributed by atoms with Gasteiger partial charge in [0.1, 0.15) is 6.33 Å². The van der Waals surface area contributed by atoms with Crippen molar-refractivity contribution in [3.05, 3.63) is 328 Å². The van der Waals surface area contributed by atoms with E-state index >= 15 is 0 Å². The molecule has 12 heteroatoms. The van der Waals surface area contributed by atoms with Gasteiger partial charge in [0.15, 0.2) is 5.82 Å². The molecule has 19 aromatic rings. The molecule has 9 heterocycles. The van der Waals surface area contributed by atoms with Gasteiger partial charge in [-0.2, -0.15) is 0 Å². The van der Waals surface area contributed by atoms with Crippen LogP contribution in [0.2, 0.25) is 0 Å². The summed E-state index contributed by atoms with van der Waals surface area (Å²) in [5, 5.41) is 7.96. The maximum atomic E-state index is 5.43. The fraction of sp³-hybridized carbons (Fsp3) is 0.0112. The molecule has 0 aliphatic carbocycles. The van der Waals surface area contributed by atoms with E-state index in [9.17, 15) is 0 Å². The molecular formula is C89H58N12. The average molecular weight is 1300 g/mol. The van der Waals surface area contributed by atoms with E-state index < -0.39 is 0 Å². The van der Waals surface area contributed by atoms with Crippen LogP contribution in [0.4, 0.5) is 0 Å². The summed E-state index contributed by atoms with van der Waals surface area (Å²) in [7, 11) is 0. The van der Waals surface area contributed by atoms with Gasteiger partial charge in [0.25, 0.3) is 0 Å². The van der Waals surface area contributed by atoms with Crippen LogP contribution < -0.4 is 0 Å². The lowest BCUT2D eigenvalue weighted by atomic mass is 10.00. The maximum absolute atomic E-state index is 5.43. The molecule has 0 saturated heterocycles. The van der Waals surface area contributed by atoms with Crippen LogP contribution in [-0.2, 0) is 0 Å². The predicted molar refractivity (Wildman–Crippen MR) is 412 cm³/mol. The Morgan fingerprint density at radius 2 is 0.733 bits per heavy atom. The second-order valence-electron chi connectivity index (χ2n) is 25.4. The summed E-state index contributed by atoms with van der Waals surface area (Å²) in [5.74, 6) is 0.625. The molecular weight excluding hydrogens is 1240 g/mol. The highest BCUT2D eigenvalue weighted by Gasteiger charge is 2.23. The number of hydrogen-bond acceptors (Lipinski definition) is 8. The maximum Gasteiger partial charge on any atom is 0.160 e. The first kappa shape index (κ1) is 58.5. The van der Waals surface area contributed by atoms with Crippen molar-refractivity contribution >= 4 is 89.1 Å². The Labute approximate surface area is 580 Å². The third-order valence-electron chi connectivity index (χ3n) is 19.7. The van der Waals surface area contributed by atoms with E-state index in [-0.39, 0.29) is 0 Å². The molecule has 474 valence electrons. The zero-order valence-electron chi connectivity index (χ0n) is 54.7. The molecule has 0 bridgehead atoms. The fourth-order valence-electron chi connectivity index (χ4n) is 15.0. The molecule has 0 radical (unpaired) electrons. The van der Waals surface area contributed by atoms with Crippen molar-refractivity contribution in [2.24, 2.45) is 4.99 Å². The number of hydrogen-bond donors (Lipinski definition) is 0. The van der Waals surface area contributed by atoms with Crippen LogP contribution in [0.25, 0.3) is 184 Å². The summed E-state index contributed by atoms with van der Waals surface area (Å²) in [6.07, 6.45) is 16.9. The lowest BCUT2D eigenvalue weighted by Gasteiger charge is -2.16. The topological polar surface area (TPSA) is 122 Å². The Bertz CT molecular complexity index is 6430. The van der Waals surface area contributed by atoms with Crippen molar-refractivity contribution < 1.29 is 0 Å². The lowest BCUT2D eigenvalue weighted by Crippen LogP contribution is -2.02. The van der Waals surface area contributed by atoms with Gasteiger partial charge < -0.3 is 18.3 Å². The van der Waals surface area contributed by atoms with E-state index in [4.69, 9.17) is 29.9 Å². The van der Waals surface area contributed by atoms with Crippen LogP contribution in [0.5, 0.6) is 0 Å². The summed E-state index contributed by atoms with van der Waals surface area (Å²) in [6.45, 7) is 5.96. The molecule has 101 heavy (non-hydrogen) atoms. The second kappa shape index (κ2) is 24.1. The minimum atomic E-state index is 0.625. The van der Waals surface area contributed by atoms with Crippen LogP contribution in [0, 0.1) is 6.92 Å². The Kier molecular flexibility index (Phi) is 13.9. The number of pyridine rings is 3. The zero-order valence-corrected chi connectivity index (χ0v) is 54.7. The van der Waals surface area contributed by atoms with Gasteiger partial charge >= 0.3 is 0 Å². The lowest BCUT2D eigenvalue weighted by molar-refractivity contribution is 1.08. The molecule has 10 aromatic carbocycles. The van der Waals surface area contributed by atoms with E-state index in [1.54, 1.807) is 18.7 Å². The Morgan fingerprint density at radius 3 is 1.32 bits per heavy atom. The van der Waals surface area contributed by atoms with Gasteiger partial charge in [0, 0.05) is 119 Å². The number of para-hydroxylation sites is 4. The number of benzene rings is 10. The molecule has 0 N–H and O–H groups in total. The van der Waals surface area contributed by atoms with Crippen molar-refractivity contribution in [1.82, 2.24) is 53.2 Å². The molecule has 19 rings (SSSR count). The normalized spacial score (nSPS) is 11.8. The van der Waals surface area contributed by atoms with Crippen LogP contribution in [0.1, 0.15) is 11.3 Å². The smallest absolute Gasteiger partial charge is 0.160 e. The zero-order chi connectivity index (χ0) is 67.1. The monoisotopic (exact) mass is 1290 g/mol. The Morgan fingerprint density at radius 1 is 0.307 bits per heavy atom. The van der Waals surface area contributed by atoms with Crippen LogP contribution in [0.15, 0.2) is 322 Å². The standard InChI is InChI=1S/C89H58N12/c1-56-70-18-6-10-22-82(70)98(81(56)38-40-90-2)66-43-64(44-67(48-66)99-83-23-11-7-19-71(83)72-20-8-12-24-84(72)99)78-50-77(94-55-95-78)59-30-26-57(27-31-59)62-34-35-86-76(47-62)75-37-42-93-54-88(75)101(86)69-46-65(45-68(49-69)100-85-25-13-9-21-73(85)74-36-41-92-53-87(74)100)80-51-79(96-89(97-80)61-15-4-3-5-16-61)60-32-28-58(29-33-60)63-17-14-39-91-52-63/h3-55H,2H2,1H3/b40-38-. The summed E-state index contributed by atoms with van der Waals surface area (Å²) in [4.78, 5) is 38.7. The molecule has 0 saturated carbocycles. The largest absolute Gasteiger partial charge is 0.309 e. The van der Waals surface area contributed by atoms with Crippen molar-refractivity contribution in [2.75, 3.05) is 0 Å². The molecule has 0 unspecified atom stereocenters. The van der Waals surface area contributed by atoms with Gasteiger partial charge in [-0.25, -0.2) is 19.9 Å². The van der Waals surface area contributed by atoms with E-state index in [1.165, 1.54) is 10.8 Å². The van der Waals surface area contributed by atoms with E-state index in [1.807, 2.05) is 61.3 Å². The van der Waals surface area contributed by atoms with E-state index in [0.29, 0.717) is 5.82 Å². The minimum absolute atomic E-state index is 0.625. The number of rotatable bonds is 13. The van der Waals surface area contributed by atoms with Gasteiger partial charge in [-0.05, 0) is 151 Å². The summed E-state index contributed by atoms with van der Waals surface area (Å²) in [6, 6.07) is 94.6. The first-order valence-corrected chi connectivity index (χ1v) is 33.6. The molecule has 0 atom stereocenters. The SMILES string of the molecule is C=N/C=C\c1c(C)c2ccccc2n1-c1cc(-c2cc(-c3ccc(-c4ccc5c(c4)c4ccncc4n5-c4cc(-c5cc(-c6ccc(-c7cccnc7)cc6)nc(-c6ccccc6)n5)cc(-n5c6ccccc6c6ccncc65)c4)cc3)ncn2)cc(-n2c3ccccc3c3ccccc32)c1. The third-order valence-corrected chi connectivity index (χ3v) is 19.7. The fourth-order valence-corrected chi connectivity index (χ4v) is 15.0. The molecule has 0 amide bonds. The van der Waals surface area contributed by atoms with Crippen LogP contribution >= 0.6 is 0 Å². The molecule has 0 spiro atoms. The van der Waals surface area contributed by atoms with Crippen molar-refractivity contribution in [3.63, 3.8) is 0 Å². The Balaban J connectivity index is 0.726. The number of aliphatic imine (C=N–C) groups is 1. The first-order chi connectivity index (χ1) is 49.9. The number of aromatic nitrogens is 11. The second-order valence-corrected chi connectivity index (χ2v) is 25.4. The van der Waals surface area contributed by atoms with Gasteiger partial charge in [0.05, 0.1) is 79.5 Å². The highest BCUT2D eigenvalue weighted by atomic mass is 15.0. The molecule has 0 aliphatic heterocycles. The minimum Gasteiger partial charge on any atom is -0.309 e. The summed E-state index contributed by atoms with van der Waals surface area (Å²) < 4.78 is 9.36. The average Bonchev–Trinajstić information content (AvgIpc) is 1.59. The Hall–Kier alpha value is -13.8. The van der Waals surface area contributed by atoms with Crippen LogP contribution in [0.3, 0.4) is 0 Å². The van der Waals surface area contributed by atoms with Gasteiger partial charge in [-0.1, -0.05) is 164 Å². The summed E-state index contributed by atoms with van der Waals surface area (Å²) >= 11 is 0. The van der Waals surface area contributed by atoms with Crippen molar-refractivity contribution in [2.45, 2.75) is 6.92 Å². The molecule has 0 fully saturated rings. The van der Waals surface area contributed by atoms with Crippen molar-refractivity contribution in [1.29, 1.82) is 0 Å². The number of nitrogens with zero attached hydrogens (tertiary/aromatic N) is 12. The quantitative estimate of drug-likeness (QED) is 0.105. The van der Waals surface area contributed by atoms with E-state index in [0.717, 1.165) is 172 Å². The number of aryl methyl sites for hydroxylation is 1. The van der Waals surface area contributed by atoms with Gasteiger partial charge in [-0.3, -0.25) is 19.9 Å². The summed E-state index contributed by atoms with van der Waals surface area (Å²) in [5.41, 5.74) is 25.6. The van der Waals surface area contributed by atoms with Crippen molar-refractivity contribution in [3.8, 4) is 101 Å². The first-order valence-electron chi connectivity index (χ1n) is 33.6. The number of fused-ring (bicyclic) bond motifs is 10. The predicted octanol–water partition coefficient (Wildman–Crippen LogP) is 21.3. The third kappa shape index (κ3) is 9.99. The van der Waals surface area contributed by atoms with Gasteiger partial charge in [0.2, 0.25) is 0 Å². The molecule has 0 aliphatic rings.